The van der Waals surface area contributed by atoms with Crippen LogP contribution in [0.5, 0.6) is 0 Å². The predicted octanol–water partition coefficient (Wildman–Crippen LogP) is 4.91. The number of halogens is 1. The molecule has 0 aliphatic rings. The van der Waals surface area contributed by atoms with E-state index in [9.17, 15) is 4.79 Å². The third-order valence-corrected chi connectivity index (χ3v) is 4.80. The quantitative estimate of drug-likeness (QED) is 0.671. The summed E-state index contributed by atoms with van der Waals surface area (Å²) >= 11 is 4.82. The number of nitrogens with one attached hydrogen (secondary N) is 1. The Hall–Kier alpha value is -1.99. The molecule has 0 fully saturated rings. The van der Waals surface area contributed by atoms with Gasteiger partial charge in [-0.25, -0.2) is 4.98 Å². The predicted molar refractivity (Wildman–Crippen MR) is 101 cm³/mol. The molecule has 2 heterocycles. The van der Waals surface area contributed by atoms with Crippen LogP contribution in [0.25, 0.3) is 11.3 Å². The number of hydrogen-bond acceptors (Lipinski definition) is 4. The van der Waals surface area contributed by atoms with Gasteiger partial charge in [0.1, 0.15) is 0 Å². The van der Waals surface area contributed by atoms with Crippen molar-refractivity contribution in [1.82, 2.24) is 14.8 Å². The third kappa shape index (κ3) is 3.57. The summed E-state index contributed by atoms with van der Waals surface area (Å²) in [6, 6.07) is 9.91. The molecule has 0 atom stereocenters. The molecule has 1 amide bonds. The van der Waals surface area contributed by atoms with Crippen molar-refractivity contribution in [3.05, 3.63) is 51.6 Å². The zero-order chi connectivity index (χ0) is 17.3. The van der Waals surface area contributed by atoms with Crippen LogP contribution < -0.4 is 5.32 Å². The number of amides is 1. The Morgan fingerprint density at radius 1 is 1.29 bits per heavy atom. The van der Waals surface area contributed by atoms with Gasteiger partial charge in [-0.2, -0.15) is 5.10 Å². The van der Waals surface area contributed by atoms with E-state index in [1.807, 2.05) is 55.1 Å². The van der Waals surface area contributed by atoms with Crippen molar-refractivity contribution in [1.29, 1.82) is 0 Å². The SMILES string of the molecule is Cc1cc(C(=O)Nc2nc(-c3ccc(Br)cc3)cs2)nn1C(C)C. The Kier molecular flexibility index (Phi) is 4.82. The summed E-state index contributed by atoms with van der Waals surface area (Å²) in [5, 5.41) is 9.67. The normalized spacial score (nSPS) is 11.0. The molecule has 0 radical (unpaired) electrons. The number of hydrogen-bond donors (Lipinski definition) is 1. The van der Waals surface area contributed by atoms with E-state index in [-0.39, 0.29) is 11.9 Å². The summed E-state index contributed by atoms with van der Waals surface area (Å²) in [6.07, 6.45) is 0. The highest BCUT2D eigenvalue weighted by atomic mass is 79.9. The number of aromatic nitrogens is 3. The van der Waals surface area contributed by atoms with Gasteiger partial charge in [-0.15, -0.1) is 11.3 Å². The molecule has 7 heteroatoms. The maximum Gasteiger partial charge on any atom is 0.277 e. The number of carbonyl (C=O) groups is 1. The molecule has 0 aliphatic carbocycles. The zero-order valence-corrected chi connectivity index (χ0v) is 16.0. The third-order valence-electron chi connectivity index (χ3n) is 3.51. The average Bonchev–Trinajstić information content (AvgIpc) is 3.15. The van der Waals surface area contributed by atoms with E-state index in [1.165, 1.54) is 11.3 Å². The first-order valence-electron chi connectivity index (χ1n) is 7.53. The molecule has 3 rings (SSSR count). The van der Waals surface area contributed by atoms with Crippen LogP contribution in [-0.2, 0) is 0 Å². The van der Waals surface area contributed by atoms with Gasteiger partial charge < -0.3 is 0 Å². The van der Waals surface area contributed by atoms with Crippen LogP contribution >= 0.6 is 27.3 Å². The van der Waals surface area contributed by atoms with Crippen molar-refractivity contribution in [2.75, 3.05) is 5.32 Å². The summed E-state index contributed by atoms with van der Waals surface area (Å²) in [5.74, 6) is -0.241. The molecular weight excluding hydrogens is 388 g/mol. The van der Waals surface area contributed by atoms with E-state index < -0.39 is 0 Å². The monoisotopic (exact) mass is 404 g/mol. The standard InChI is InChI=1S/C17H17BrN4OS/c1-10(2)22-11(3)8-14(21-22)16(23)20-17-19-15(9-24-17)12-4-6-13(18)7-5-12/h4-10H,1-3H3,(H,19,20,23). The summed E-state index contributed by atoms with van der Waals surface area (Å²) in [4.78, 5) is 16.8. The molecule has 1 N–H and O–H groups in total. The Morgan fingerprint density at radius 3 is 2.62 bits per heavy atom. The minimum atomic E-state index is -0.241. The van der Waals surface area contributed by atoms with Crippen LogP contribution in [0, 0.1) is 6.92 Å². The molecule has 0 saturated heterocycles. The number of aryl methyl sites for hydroxylation is 1. The van der Waals surface area contributed by atoms with Crippen molar-refractivity contribution in [3.8, 4) is 11.3 Å². The van der Waals surface area contributed by atoms with Gasteiger partial charge in [-0.05, 0) is 39.0 Å². The fourth-order valence-electron chi connectivity index (χ4n) is 2.37. The van der Waals surface area contributed by atoms with Crippen LogP contribution in [0.2, 0.25) is 0 Å². The first kappa shape index (κ1) is 16.9. The molecule has 0 saturated carbocycles. The van der Waals surface area contributed by atoms with E-state index in [1.54, 1.807) is 6.07 Å². The molecule has 0 aliphatic heterocycles. The van der Waals surface area contributed by atoms with Gasteiger partial charge in [0.2, 0.25) is 0 Å². The second kappa shape index (κ2) is 6.86. The van der Waals surface area contributed by atoms with Crippen LogP contribution in [0.4, 0.5) is 5.13 Å². The lowest BCUT2D eigenvalue weighted by atomic mass is 10.2. The second-order valence-electron chi connectivity index (χ2n) is 5.71. The van der Waals surface area contributed by atoms with E-state index in [0.717, 1.165) is 21.4 Å². The summed E-state index contributed by atoms with van der Waals surface area (Å²) in [6.45, 7) is 6.01. The van der Waals surface area contributed by atoms with E-state index in [2.05, 4.69) is 31.3 Å². The highest BCUT2D eigenvalue weighted by Crippen LogP contribution is 2.26. The van der Waals surface area contributed by atoms with Crippen LogP contribution in [0.3, 0.4) is 0 Å². The van der Waals surface area contributed by atoms with Gasteiger partial charge in [-0.1, -0.05) is 28.1 Å². The molecule has 1 aromatic carbocycles. The fourth-order valence-corrected chi connectivity index (χ4v) is 3.35. The number of rotatable bonds is 4. The molecule has 124 valence electrons. The number of thiazole rings is 1. The number of carbonyl (C=O) groups excluding carboxylic acids is 1. The highest BCUT2D eigenvalue weighted by Gasteiger charge is 2.15. The summed E-state index contributed by atoms with van der Waals surface area (Å²) in [7, 11) is 0. The molecule has 24 heavy (non-hydrogen) atoms. The molecule has 0 bridgehead atoms. The molecule has 0 spiro atoms. The van der Waals surface area contributed by atoms with Crippen LogP contribution in [0.15, 0.2) is 40.2 Å². The van der Waals surface area contributed by atoms with Gasteiger partial charge in [0.05, 0.1) is 5.69 Å². The Balaban J connectivity index is 1.76. The second-order valence-corrected chi connectivity index (χ2v) is 7.48. The maximum atomic E-state index is 12.4. The Bertz CT molecular complexity index is 867. The number of nitrogens with zero attached hydrogens (tertiary/aromatic N) is 3. The minimum Gasteiger partial charge on any atom is -0.296 e. The largest absolute Gasteiger partial charge is 0.296 e. The van der Waals surface area contributed by atoms with Crippen LogP contribution in [0.1, 0.15) is 36.1 Å². The van der Waals surface area contributed by atoms with Crippen molar-refractivity contribution >= 4 is 38.3 Å². The molecule has 5 nitrogen and oxygen atoms in total. The molecule has 3 aromatic rings. The van der Waals surface area contributed by atoms with Crippen LogP contribution in [-0.4, -0.2) is 20.7 Å². The minimum absolute atomic E-state index is 0.218. The van der Waals surface area contributed by atoms with Crippen molar-refractivity contribution in [2.45, 2.75) is 26.8 Å². The van der Waals surface area contributed by atoms with Crippen molar-refractivity contribution < 1.29 is 4.79 Å². The van der Waals surface area contributed by atoms with Crippen molar-refractivity contribution in [3.63, 3.8) is 0 Å². The van der Waals surface area contributed by atoms with Crippen molar-refractivity contribution in [2.24, 2.45) is 0 Å². The van der Waals surface area contributed by atoms with Gasteiger partial charge in [0.15, 0.2) is 10.8 Å². The number of benzene rings is 1. The zero-order valence-electron chi connectivity index (χ0n) is 13.6. The summed E-state index contributed by atoms with van der Waals surface area (Å²) < 4.78 is 2.86. The Morgan fingerprint density at radius 2 is 2.00 bits per heavy atom. The molecule has 0 unspecified atom stereocenters. The van der Waals surface area contributed by atoms with Gasteiger partial charge >= 0.3 is 0 Å². The lowest BCUT2D eigenvalue weighted by Crippen LogP contribution is -2.13. The molecule has 2 aromatic heterocycles. The Labute approximate surface area is 152 Å². The van der Waals surface area contributed by atoms with Gasteiger partial charge in [-0.3, -0.25) is 14.8 Å². The van der Waals surface area contributed by atoms with E-state index in [0.29, 0.717) is 10.8 Å². The van der Waals surface area contributed by atoms with E-state index >= 15 is 0 Å². The van der Waals surface area contributed by atoms with E-state index in [4.69, 9.17) is 0 Å². The topological polar surface area (TPSA) is 59.8 Å². The highest BCUT2D eigenvalue weighted by molar-refractivity contribution is 9.10. The first-order valence-corrected chi connectivity index (χ1v) is 9.20. The lowest BCUT2D eigenvalue weighted by Gasteiger charge is -2.06. The first-order chi connectivity index (χ1) is 11.4. The number of anilines is 1. The van der Waals surface area contributed by atoms with Gasteiger partial charge in [0.25, 0.3) is 5.91 Å². The lowest BCUT2D eigenvalue weighted by molar-refractivity contribution is 0.102. The molecular formula is C17H17BrN4OS. The fraction of sp³-hybridized carbons (Fsp3) is 0.235. The smallest absolute Gasteiger partial charge is 0.277 e. The summed E-state index contributed by atoms with van der Waals surface area (Å²) in [5.41, 5.74) is 3.22. The van der Waals surface area contributed by atoms with Gasteiger partial charge in [0, 0.05) is 27.2 Å². The average molecular weight is 405 g/mol. The maximum absolute atomic E-state index is 12.4.